The molecule has 0 saturated carbocycles. The zero-order chi connectivity index (χ0) is 15.4. The van der Waals surface area contributed by atoms with E-state index in [1.54, 1.807) is 30.6 Å². The first-order valence-corrected chi connectivity index (χ1v) is 7.28. The Kier molecular flexibility index (Phi) is 4.70. The van der Waals surface area contributed by atoms with E-state index in [4.69, 9.17) is 0 Å². The summed E-state index contributed by atoms with van der Waals surface area (Å²) in [7, 11) is 0. The van der Waals surface area contributed by atoms with Gasteiger partial charge in [0, 0.05) is 28.6 Å². The summed E-state index contributed by atoms with van der Waals surface area (Å²) in [6.45, 7) is 3.77. The number of nitrogens with zero attached hydrogens (tertiary/aromatic N) is 1. The Balaban J connectivity index is 2.11. The Hall–Kier alpha value is -2.21. The number of aliphatic carboxylic acids is 1. The van der Waals surface area contributed by atoms with E-state index in [-0.39, 0.29) is 12.3 Å². The van der Waals surface area contributed by atoms with Gasteiger partial charge in [-0.15, -0.1) is 11.3 Å². The van der Waals surface area contributed by atoms with Gasteiger partial charge in [0.25, 0.3) is 5.91 Å². The molecule has 1 atom stereocenters. The van der Waals surface area contributed by atoms with Crippen LogP contribution in [-0.2, 0) is 11.2 Å². The number of hydrogen-bond acceptors (Lipinski definition) is 4. The molecule has 2 heterocycles. The number of thiophene rings is 1. The van der Waals surface area contributed by atoms with Crippen LogP contribution in [-0.4, -0.2) is 28.0 Å². The fraction of sp³-hybridized carbons (Fsp3) is 0.267. The van der Waals surface area contributed by atoms with E-state index in [0.29, 0.717) is 5.56 Å². The highest BCUT2D eigenvalue weighted by atomic mass is 32.1. The summed E-state index contributed by atoms with van der Waals surface area (Å²) in [4.78, 5) is 29.3. The number of hydrogen-bond donors (Lipinski definition) is 2. The minimum absolute atomic E-state index is 0.228. The molecular weight excluding hydrogens is 288 g/mol. The summed E-state index contributed by atoms with van der Waals surface area (Å²) in [6.07, 6.45) is 3.43. The van der Waals surface area contributed by atoms with Crippen LogP contribution in [0.3, 0.4) is 0 Å². The second-order valence-corrected chi connectivity index (χ2v) is 6.21. The first kappa shape index (κ1) is 15.2. The summed E-state index contributed by atoms with van der Waals surface area (Å²) >= 11 is 1.52. The number of carboxylic acids is 1. The molecule has 0 saturated heterocycles. The van der Waals surface area contributed by atoms with Crippen LogP contribution >= 0.6 is 11.3 Å². The van der Waals surface area contributed by atoms with Crippen molar-refractivity contribution in [2.24, 2.45) is 0 Å². The van der Waals surface area contributed by atoms with Gasteiger partial charge in [0.2, 0.25) is 0 Å². The fourth-order valence-electron chi connectivity index (χ4n) is 2.05. The van der Waals surface area contributed by atoms with E-state index in [0.717, 1.165) is 15.3 Å². The van der Waals surface area contributed by atoms with Crippen molar-refractivity contribution in [2.45, 2.75) is 26.3 Å². The van der Waals surface area contributed by atoms with Crippen molar-refractivity contribution in [3.05, 3.63) is 51.5 Å². The number of carboxylic acid groups (broad SMARTS) is 1. The first-order chi connectivity index (χ1) is 9.97. The molecule has 0 bridgehead atoms. The van der Waals surface area contributed by atoms with Gasteiger partial charge in [-0.3, -0.25) is 9.78 Å². The molecule has 21 heavy (non-hydrogen) atoms. The minimum atomic E-state index is -1.05. The van der Waals surface area contributed by atoms with Crippen LogP contribution in [0.1, 0.15) is 25.7 Å². The van der Waals surface area contributed by atoms with Gasteiger partial charge >= 0.3 is 5.97 Å². The minimum Gasteiger partial charge on any atom is -0.480 e. The van der Waals surface area contributed by atoms with E-state index in [1.165, 1.54) is 11.3 Å². The summed E-state index contributed by atoms with van der Waals surface area (Å²) < 4.78 is 0. The molecule has 0 radical (unpaired) electrons. The third-order valence-electron chi connectivity index (χ3n) is 3.08. The number of aryl methyl sites for hydroxylation is 2. The van der Waals surface area contributed by atoms with Crippen molar-refractivity contribution < 1.29 is 14.7 Å². The lowest BCUT2D eigenvalue weighted by Crippen LogP contribution is -2.42. The van der Waals surface area contributed by atoms with Crippen molar-refractivity contribution >= 4 is 23.2 Å². The summed E-state index contributed by atoms with van der Waals surface area (Å²) in [5, 5.41) is 11.9. The van der Waals surface area contributed by atoms with Gasteiger partial charge in [-0.05, 0) is 37.6 Å². The Labute approximate surface area is 126 Å². The van der Waals surface area contributed by atoms with Crippen LogP contribution in [0.2, 0.25) is 0 Å². The van der Waals surface area contributed by atoms with Crippen LogP contribution in [0.25, 0.3) is 0 Å². The summed E-state index contributed by atoms with van der Waals surface area (Å²) in [6, 6.07) is 4.30. The van der Waals surface area contributed by atoms with Gasteiger partial charge in [0.05, 0.1) is 5.56 Å². The van der Waals surface area contributed by atoms with Gasteiger partial charge < -0.3 is 10.4 Å². The molecule has 5 nitrogen and oxygen atoms in total. The molecule has 110 valence electrons. The zero-order valence-corrected chi connectivity index (χ0v) is 12.6. The zero-order valence-electron chi connectivity index (χ0n) is 11.8. The molecule has 0 aromatic carbocycles. The number of carbonyl (C=O) groups is 2. The second kappa shape index (κ2) is 6.49. The third kappa shape index (κ3) is 3.88. The molecule has 2 rings (SSSR count). The van der Waals surface area contributed by atoms with Crippen molar-refractivity contribution in [1.82, 2.24) is 10.3 Å². The Morgan fingerprint density at radius 2 is 2.00 bits per heavy atom. The maximum Gasteiger partial charge on any atom is 0.326 e. The monoisotopic (exact) mass is 304 g/mol. The summed E-state index contributed by atoms with van der Waals surface area (Å²) in [5.41, 5.74) is 1.36. The van der Waals surface area contributed by atoms with Crippen molar-refractivity contribution in [2.75, 3.05) is 0 Å². The fourth-order valence-corrected chi connectivity index (χ4v) is 2.97. The van der Waals surface area contributed by atoms with Gasteiger partial charge in [0.15, 0.2) is 0 Å². The highest BCUT2D eigenvalue weighted by Gasteiger charge is 2.22. The molecular formula is C15H16N2O3S. The van der Waals surface area contributed by atoms with Crippen LogP contribution in [0, 0.1) is 13.8 Å². The topological polar surface area (TPSA) is 79.3 Å². The third-order valence-corrected chi connectivity index (χ3v) is 4.04. The van der Waals surface area contributed by atoms with E-state index in [9.17, 15) is 14.7 Å². The van der Waals surface area contributed by atoms with E-state index in [1.807, 2.05) is 13.8 Å². The standard InChI is InChI=1S/C15H16N2O3S/c1-9-7-12(10(2)21-9)14(18)17-13(15(19)20)8-11-3-5-16-6-4-11/h3-7,13H,8H2,1-2H3,(H,17,18)(H,19,20). The molecule has 0 fully saturated rings. The molecule has 0 aliphatic rings. The maximum absolute atomic E-state index is 12.2. The number of carbonyl (C=O) groups excluding carboxylic acids is 1. The van der Waals surface area contributed by atoms with Gasteiger partial charge in [-0.1, -0.05) is 0 Å². The molecule has 6 heteroatoms. The highest BCUT2D eigenvalue weighted by Crippen LogP contribution is 2.20. The largest absolute Gasteiger partial charge is 0.480 e. The lowest BCUT2D eigenvalue weighted by atomic mass is 10.1. The number of pyridine rings is 1. The number of nitrogens with one attached hydrogen (secondary N) is 1. The van der Waals surface area contributed by atoms with Crippen LogP contribution in [0.4, 0.5) is 0 Å². The highest BCUT2D eigenvalue weighted by molar-refractivity contribution is 7.12. The Bertz CT molecular complexity index is 652. The van der Waals surface area contributed by atoms with E-state index in [2.05, 4.69) is 10.3 Å². The molecule has 0 spiro atoms. The van der Waals surface area contributed by atoms with Crippen molar-refractivity contribution in [3.63, 3.8) is 0 Å². The lowest BCUT2D eigenvalue weighted by molar-refractivity contribution is -0.139. The van der Waals surface area contributed by atoms with E-state index < -0.39 is 12.0 Å². The first-order valence-electron chi connectivity index (χ1n) is 6.47. The SMILES string of the molecule is Cc1cc(C(=O)NC(Cc2ccncc2)C(=O)O)c(C)s1. The lowest BCUT2D eigenvalue weighted by Gasteiger charge is -2.14. The maximum atomic E-state index is 12.2. The van der Waals surface area contributed by atoms with Crippen LogP contribution in [0.5, 0.6) is 0 Å². The molecule has 1 amide bonds. The predicted molar refractivity (Wildman–Crippen MR) is 80.6 cm³/mol. The summed E-state index contributed by atoms with van der Waals surface area (Å²) in [5.74, 6) is -1.40. The smallest absolute Gasteiger partial charge is 0.326 e. The molecule has 0 aliphatic heterocycles. The normalized spacial score (nSPS) is 11.9. The quantitative estimate of drug-likeness (QED) is 0.887. The number of rotatable bonds is 5. The predicted octanol–water partition coefficient (Wildman–Crippen LogP) is 2.19. The molecule has 0 aliphatic carbocycles. The number of amides is 1. The van der Waals surface area contributed by atoms with Crippen molar-refractivity contribution in [3.8, 4) is 0 Å². The molecule has 2 aromatic heterocycles. The van der Waals surface area contributed by atoms with E-state index >= 15 is 0 Å². The molecule has 2 N–H and O–H groups in total. The molecule has 1 unspecified atom stereocenters. The molecule has 2 aromatic rings. The van der Waals surface area contributed by atoms with Gasteiger partial charge in [-0.25, -0.2) is 4.79 Å². The Morgan fingerprint density at radius 3 is 2.52 bits per heavy atom. The number of aromatic nitrogens is 1. The van der Waals surface area contributed by atoms with Crippen LogP contribution in [0.15, 0.2) is 30.6 Å². The van der Waals surface area contributed by atoms with Crippen LogP contribution < -0.4 is 5.32 Å². The second-order valence-electron chi connectivity index (χ2n) is 4.75. The van der Waals surface area contributed by atoms with Gasteiger partial charge in [0.1, 0.15) is 6.04 Å². The van der Waals surface area contributed by atoms with Crippen molar-refractivity contribution in [1.29, 1.82) is 0 Å². The average Bonchev–Trinajstić information content (AvgIpc) is 2.78. The Morgan fingerprint density at radius 1 is 1.33 bits per heavy atom. The average molecular weight is 304 g/mol. The van der Waals surface area contributed by atoms with Gasteiger partial charge in [-0.2, -0.15) is 0 Å².